The minimum atomic E-state index is -0.162. The number of nitrogens with zero attached hydrogens (tertiary/aromatic N) is 3. The summed E-state index contributed by atoms with van der Waals surface area (Å²) in [5, 5.41) is 8.64. The molecule has 0 unspecified atom stereocenters. The lowest BCUT2D eigenvalue weighted by atomic mass is 10.1. The summed E-state index contributed by atoms with van der Waals surface area (Å²) in [6.45, 7) is 5.69. The van der Waals surface area contributed by atoms with Gasteiger partial charge < -0.3 is 20.3 Å². The van der Waals surface area contributed by atoms with Gasteiger partial charge in [0.1, 0.15) is 21.3 Å². The Bertz CT molecular complexity index is 1350. The van der Waals surface area contributed by atoms with Gasteiger partial charge in [0.05, 0.1) is 22.4 Å². The second kappa shape index (κ2) is 8.06. The van der Waals surface area contributed by atoms with Crippen LogP contribution in [0.25, 0.3) is 10.2 Å². The number of ether oxygens (including phenoxy) is 1. The number of aryl methyl sites for hydroxylation is 1. The van der Waals surface area contributed by atoms with E-state index in [0.717, 1.165) is 75.5 Å². The average Bonchev–Trinajstić information content (AvgIpc) is 3.21. The Hall–Kier alpha value is -3.62. The van der Waals surface area contributed by atoms with Gasteiger partial charge in [-0.15, -0.1) is 0 Å². The van der Waals surface area contributed by atoms with Gasteiger partial charge in [-0.05, 0) is 48.9 Å². The smallest absolute Gasteiger partial charge is 0.331 e. The van der Waals surface area contributed by atoms with Gasteiger partial charge in [0.15, 0.2) is 0 Å². The van der Waals surface area contributed by atoms with Crippen molar-refractivity contribution in [3.8, 4) is 11.5 Å². The molecular formula is C25H23N5O2S. The Morgan fingerprint density at radius 1 is 1.00 bits per heavy atom. The Morgan fingerprint density at radius 3 is 2.61 bits per heavy atom. The number of pyridine rings is 1. The number of urea groups is 1. The van der Waals surface area contributed by atoms with E-state index in [0.29, 0.717) is 0 Å². The van der Waals surface area contributed by atoms with Gasteiger partial charge in [-0.25, -0.2) is 9.78 Å². The highest BCUT2D eigenvalue weighted by Crippen LogP contribution is 2.50. The topological polar surface area (TPSA) is 69.7 Å². The van der Waals surface area contributed by atoms with Gasteiger partial charge in [-0.1, -0.05) is 29.5 Å². The summed E-state index contributed by atoms with van der Waals surface area (Å²) in [5.41, 5.74) is 3.50. The number of carbonyl (C=O) groups excluding carboxylic acids is 1. The number of para-hydroxylation sites is 1. The third-order valence-corrected chi connectivity index (χ3v) is 7.18. The van der Waals surface area contributed by atoms with E-state index in [4.69, 9.17) is 4.74 Å². The van der Waals surface area contributed by atoms with Crippen molar-refractivity contribution >= 4 is 49.6 Å². The zero-order valence-electron chi connectivity index (χ0n) is 18.2. The average molecular weight is 458 g/mol. The van der Waals surface area contributed by atoms with Crippen molar-refractivity contribution in [2.45, 2.75) is 6.92 Å². The highest BCUT2D eigenvalue weighted by molar-refractivity contribution is 7.23. The molecule has 8 heteroatoms. The second-order valence-corrected chi connectivity index (χ2v) is 9.14. The molecular weight excluding hydrogens is 434 g/mol. The molecule has 0 saturated carbocycles. The number of thiophene rings is 1. The predicted molar refractivity (Wildman–Crippen MR) is 134 cm³/mol. The van der Waals surface area contributed by atoms with Gasteiger partial charge in [-0.3, -0.25) is 4.90 Å². The van der Waals surface area contributed by atoms with E-state index in [-0.39, 0.29) is 6.03 Å². The van der Waals surface area contributed by atoms with Crippen molar-refractivity contribution in [1.29, 1.82) is 0 Å². The third-order valence-electron chi connectivity index (χ3n) is 6.02. The first-order valence-electron chi connectivity index (χ1n) is 11.0. The molecule has 2 aromatic heterocycles. The number of piperazine rings is 1. The van der Waals surface area contributed by atoms with Gasteiger partial charge in [0.2, 0.25) is 0 Å². The van der Waals surface area contributed by atoms with Crippen LogP contribution in [0.15, 0.2) is 60.8 Å². The molecule has 1 fully saturated rings. The van der Waals surface area contributed by atoms with Crippen molar-refractivity contribution in [2.24, 2.45) is 0 Å². The van der Waals surface area contributed by atoms with E-state index in [1.165, 1.54) is 0 Å². The number of nitrogens with one attached hydrogen (secondary N) is 2. The molecule has 2 amide bonds. The minimum Gasteiger partial charge on any atom is -0.457 e. The standard InChI is InChI=1S/C25H23N5O2S/c1-16-15-18(32-17-5-3-2-4-6-17)7-8-19(16)30-20-9-10-27-23-21(20)22(28-25(30)31)24(33-23)29-13-11-26-12-14-29/h2-10,15,26H,11-14H2,1H3,(H,28,31). The first-order valence-corrected chi connectivity index (χ1v) is 11.8. The molecule has 0 radical (unpaired) electrons. The lowest BCUT2D eigenvalue weighted by Gasteiger charge is -2.32. The Labute approximate surface area is 195 Å². The summed E-state index contributed by atoms with van der Waals surface area (Å²) in [5.74, 6) is 1.51. The molecule has 4 aromatic rings. The number of carbonyl (C=O) groups is 1. The molecule has 1 saturated heterocycles. The third kappa shape index (κ3) is 3.48. The van der Waals surface area contributed by atoms with Crippen LogP contribution < -0.4 is 25.2 Å². The fraction of sp³-hybridized carbons (Fsp3) is 0.200. The normalized spacial score (nSPS) is 15.6. The Kier molecular flexibility index (Phi) is 4.89. The molecule has 4 heterocycles. The van der Waals surface area contributed by atoms with E-state index in [1.54, 1.807) is 22.4 Å². The molecule has 2 aliphatic rings. The highest BCUT2D eigenvalue weighted by Gasteiger charge is 2.33. The zero-order valence-corrected chi connectivity index (χ0v) is 19.0. The van der Waals surface area contributed by atoms with Crippen LogP contribution in [-0.2, 0) is 0 Å². The van der Waals surface area contributed by atoms with Crippen LogP contribution in [0.1, 0.15) is 5.56 Å². The maximum atomic E-state index is 13.4. The first kappa shape index (κ1) is 20.0. The van der Waals surface area contributed by atoms with Crippen molar-refractivity contribution in [3.05, 3.63) is 66.4 Å². The lowest BCUT2D eigenvalue weighted by molar-refractivity contribution is 0.259. The van der Waals surface area contributed by atoms with E-state index < -0.39 is 0 Å². The quantitative estimate of drug-likeness (QED) is 0.424. The van der Waals surface area contributed by atoms with Crippen molar-refractivity contribution in [3.63, 3.8) is 0 Å². The van der Waals surface area contributed by atoms with Crippen LogP contribution in [0.4, 0.5) is 26.9 Å². The molecule has 2 N–H and O–H groups in total. The largest absolute Gasteiger partial charge is 0.457 e. The number of hydrogen-bond acceptors (Lipinski definition) is 6. The van der Waals surface area contributed by atoms with Crippen LogP contribution in [0, 0.1) is 6.92 Å². The number of anilines is 4. The Balaban J connectivity index is 1.40. The van der Waals surface area contributed by atoms with Gasteiger partial charge in [0.25, 0.3) is 0 Å². The predicted octanol–water partition coefficient (Wildman–Crippen LogP) is 5.49. The summed E-state index contributed by atoms with van der Waals surface area (Å²) in [4.78, 5) is 23.0. The molecule has 0 aliphatic carbocycles. The zero-order chi connectivity index (χ0) is 22.4. The van der Waals surface area contributed by atoms with Crippen molar-refractivity contribution < 1.29 is 9.53 Å². The van der Waals surface area contributed by atoms with Gasteiger partial charge >= 0.3 is 6.03 Å². The van der Waals surface area contributed by atoms with Crippen LogP contribution in [0.2, 0.25) is 0 Å². The molecule has 0 bridgehead atoms. The molecule has 6 rings (SSSR count). The van der Waals surface area contributed by atoms with E-state index in [9.17, 15) is 4.79 Å². The maximum Gasteiger partial charge on any atom is 0.331 e. The molecule has 33 heavy (non-hydrogen) atoms. The number of rotatable bonds is 4. The van der Waals surface area contributed by atoms with E-state index in [2.05, 4.69) is 20.5 Å². The van der Waals surface area contributed by atoms with Gasteiger partial charge in [-0.2, -0.15) is 0 Å². The monoisotopic (exact) mass is 457 g/mol. The first-order chi connectivity index (χ1) is 16.2. The summed E-state index contributed by atoms with van der Waals surface area (Å²) >= 11 is 1.64. The molecule has 7 nitrogen and oxygen atoms in total. The summed E-state index contributed by atoms with van der Waals surface area (Å²) in [6, 6.07) is 17.2. The fourth-order valence-corrected chi connectivity index (χ4v) is 5.64. The number of hydrogen-bond donors (Lipinski definition) is 2. The van der Waals surface area contributed by atoms with E-state index in [1.807, 2.05) is 61.5 Å². The van der Waals surface area contributed by atoms with E-state index >= 15 is 0 Å². The summed E-state index contributed by atoms with van der Waals surface area (Å²) in [6.07, 6.45) is 1.79. The maximum absolute atomic E-state index is 13.4. The molecule has 0 atom stereocenters. The number of benzene rings is 2. The number of amides is 2. The molecule has 2 aliphatic heterocycles. The second-order valence-electron chi connectivity index (χ2n) is 8.16. The van der Waals surface area contributed by atoms with Crippen LogP contribution in [0.3, 0.4) is 0 Å². The van der Waals surface area contributed by atoms with Crippen molar-refractivity contribution in [1.82, 2.24) is 10.3 Å². The molecule has 2 aromatic carbocycles. The van der Waals surface area contributed by atoms with Crippen molar-refractivity contribution in [2.75, 3.05) is 41.3 Å². The summed E-state index contributed by atoms with van der Waals surface area (Å²) < 4.78 is 5.97. The van der Waals surface area contributed by atoms with Crippen LogP contribution in [-0.4, -0.2) is 37.2 Å². The van der Waals surface area contributed by atoms with Gasteiger partial charge in [0, 0.05) is 32.4 Å². The highest BCUT2D eigenvalue weighted by atomic mass is 32.1. The SMILES string of the molecule is Cc1cc(Oc2ccccc2)ccc1N1C(=O)Nc2c(N3CCNCC3)sc3nccc1c23. The molecule has 0 spiro atoms. The summed E-state index contributed by atoms with van der Waals surface area (Å²) in [7, 11) is 0. The Morgan fingerprint density at radius 2 is 1.82 bits per heavy atom. The minimum absolute atomic E-state index is 0.162. The van der Waals surface area contributed by atoms with Crippen LogP contribution >= 0.6 is 11.3 Å². The fourth-order valence-electron chi connectivity index (χ4n) is 4.47. The lowest BCUT2D eigenvalue weighted by Crippen LogP contribution is -2.43. The number of aromatic nitrogens is 1. The van der Waals surface area contributed by atoms with Crippen LogP contribution in [0.5, 0.6) is 11.5 Å². The molecule has 166 valence electrons.